The molecule has 0 amide bonds. The Morgan fingerprint density at radius 1 is 1.40 bits per heavy atom. The lowest BCUT2D eigenvalue weighted by molar-refractivity contribution is 0.291. The van der Waals surface area contributed by atoms with Crippen molar-refractivity contribution in [3.8, 4) is 0 Å². The molecule has 4 heteroatoms. The maximum absolute atomic E-state index is 4.59. The van der Waals surface area contributed by atoms with Gasteiger partial charge >= 0.3 is 0 Å². The monoisotopic (exact) mass is 139 g/mol. The van der Waals surface area contributed by atoms with E-state index >= 15 is 0 Å². The zero-order valence-corrected chi connectivity index (χ0v) is 5.87. The summed E-state index contributed by atoms with van der Waals surface area (Å²) in [5, 5.41) is 7.56. The van der Waals surface area contributed by atoms with Crippen LogP contribution in [-0.2, 0) is 13.0 Å². The Labute approximate surface area is 58.8 Å². The van der Waals surface area contributed by atoms with E-state index in [1.807, 2.05) is 0 Å². The van der Waals surface area contributed by atoms with Gasteiger partial charge in [0.1, 0.15) is 11.4 Å². The van der Waals surface area contributed by atoms with E-state index < -0.39 is 0 Å². The van der Waals surface area contributed by atoms with E-state index in [0.29, 0.717) is 0 Å². The summed E-state index contributed by atoms with van der Waals surface area (Å²) in [6.07, 6.45) is 0.968. The van der Waals surface area contributed by atoms with Gasteiger partial charge in [-0.15, -0.1) is 0 Å². The van der Waals surface area contributed by atoms with Gasteiger partial charge in [-0.05, 0) is 7.05 Å². The van der Waals surface area contributed by atoms with Gasteiger partial charge in [-0.25, -0.2) is 4.63 Å². The third-order valence-electron chi connectivity index (χ3n) is 1.79. The van der Waals surface area contributed by atoms with E-state index in [1.54, 1.807) is 0 Å². The van der Waals surface area contributed by atoms with E-state index in [4.69, 9.17) is 0 Å². The lowest BCUT2D eigenvalue weighted by Gasteiger charge is -2.18. The lowest BCUT2D eigenvalue weighted by atomic mass is 10.2. The largest absolute Gasteiger partial charge is 0.300 e. The third-order valence-corrected chi connectivity index (χ3v) is 1.79. The second kappa shape index (κ2) is 2.05. The summed E-state index contributed by atoms with van der Waals surface area (Å²) in [4.78, 5) is 2.20. The number of nitrogens with zero attached hydrogens (tertiary/aromatic N) is 3. The molecule has 0 aromatic carbocycles. The molecule has 2 rings (SSSR count). The molecular formula is C6H9N3O. The maximum Gasteiger partial charge on any atom is 0.122 e. The Morgan fingerprint density at radius 2 is 2.20 bits per heavy atom. The third kappa shape index (κ3) is 0.806. The Balaban J connectivity index is 2.30. The average Bonchev–Trinajstić information content (AvgIpc) is 2.33. The molecule has 10 heavy (non-hydrogen) atoms. The first-order chi connectivity index (χ1) is 4.86. The second-order valence-corrected chi connectivity index (χ2v) is 2.65. The Bertz CT molecular complexity index is 233. The van der Waals surface area contributed by atoms with Crippen LogP contribution in [0.25, 0.3) is 0 Å². The van der Waals surface area contributed by atoms with Crippen LogP contribution in [0.15, 0.2) is 4.63 Å². The molecule has 0 radical (unpaired) electrons. The number of hydrogen-bond donors (Lipinski definition) is 0. The Kier molecular flexibility index (Phi) is 1.20. The molecular weight excluding hydrogens is 130 g/mol. The van der Waals surface area contributed by atoms with Crippen LogP contribution in [-0.4, -0.2) is 28.8 Å². The summed E-state index contributed by atoms with van der Waals surface area (Å²) in [7, 11) is 2.07. The van der Waals surface area contributed by atoms with Gasteiger partial charge in [-0.3, -0.25) is 4.90 Å². The van der Waals surface area contributed by atoms with E-state index in [9.17, 15) is 0 Å². The van der Waals surface area contributed by atoms with Crippen molar-refractivity contribution in [2.75, 3.05) is 13.6 Å². The lowest BCUT2D eigenvalue weighted by Crippen LogP contribution is -2.26. The molecule has 0 spiro atoms. The standard InChI is InChI=1S/C6H9N3O/c1-9-3-2-5-6(4-9)8-10-7-5/h2-4H2,1H3. The molecule has 54 valence electrons. The summed E-state index contributed by atoms with van der Waals surface area (Å²) in [5.41, 5.74) is 2.02. The van der Waals surface area contributed by atoms with Gasteiger partial charge in [-0.2, -0.15) is 0 Å². The predicted molar refractivity (Wildman–Crippen MR) is 34.3 cm³/mol. The van der Waals surface area contributed by atoms with E-state index in [0.717, 1.165) is 30.9 Å². The minimum atomic E-state index is 0.874. The molecule has 0 saturated carbocycles. The van der Waals surface area contributed by atoms with Gasteiger partial charge in [-0.1, -0.05) is 10.3 Å². The van der Waals surface area contributed by atoms with Crippen LogP contribution in [0.3, 0.4) is 0 Å². The first-order valence-corrected chi connectivity index (χ1v) is 3.35. The average molecular weight is 139 g/mol. The van der Waals surface area contributed by atoms with Crippen LogP contribution in [0.4, 0.5) is 0 Å². The number of rotatable bonds is 0. The number of hydrogen-bond acceptors (Lipinski definition) is 4. The minimum Gasteiger partial charge on any atom is -0.300 e. The van der Waals surface area contributed by atoms with Crippen LogP contribution in [0, 0.1) is 0 Å². The highest BCUT2D eigenvalue weighted by Gasteiger charge is 2.17. The number of fused-ring (bicyclic) bond motifs is 1. The second-order valence-electron chi connectivity index (χ2n) is 2.65. The molecule has 1 aromatic heterocycles. The summed E-state index contributed by atoms with van der Waals surface area (Å²) in [6.45, 7) is 1.93. The van der Waals surface area contributed by atoms with Crippen molar-refractivity contribution in [2.45, 2.75) is 13.0 Å². The molecule has 0 unspecified atom stereocenters. The quantitative estimate of drug-likeness (QED) is 0.509. The molecule has 2 heterocycles. The van der Waals surface area contributed by atoms with Crippen molar-refractivity contribution in [3.63, 3.8) is 0 Å². The zero-order valence-electron chi connectivity index (χ0n) is 5.87. The van der Waals surface area contributed by atoms with E-state index in [1.165, 1.54) is 0 Å². The van der Waals surface area contributed by atoms with Gasteiger partial charge in [0.15, 0.2) is 0 Å². The van der Waals surface area contributed by atoms with Crippen molar-refractivity contribution in [2.24, 2.45) is 0 Å². The van der Waals surface area contributed by atoms with Crippen LogP contribution in [0.1, 0.15) is 11.4 Å². The molecule has 0 aliphatic carbocycles. The first kappa shape index (κ1) is 5.85. The Hall–Kier alpha value is -0.900. The van der Waals surface area contributed by atoms with Crippen molar-refractivity contribution >= 4 is 0 Å². The fourth-order valence-corrected chi connectivity index (χ4v) is 1.17. The fraction of sp³-hybridized carbons (Fsp3) is 0.667. The minimum absolute atomic E-state index is 0.874. The molecule has 0 bridgehead atoms. The maximum atomic E-state index is 4.59. The molecule has 0 saturated heterocycles. The summed E-state index contributed by atoms with van der Waals surface area (Å²) in [6, 6.07) is 0. The molecule has 0 atom stereocenters. The van der Waals surface area contributed by atoms with E-state index in [2.05, 4.69) is 26.9 Å². The molecule has 1 aliphatic heterocycles. The molecule has 1 aliphatic rings. The summed E-state index contributed by atoms with van der Waals surface area (Å²) in [5.74, 6) is 0. The Morgan fingerprint density at radius 3 is 3.10 bits per heavy atom. The van der Waals surface area contributed by atoms with Crippen molar-refractivity contribution < 1.29 is 4.63 Å². The molecule has 1 aromatic rings. The zero-order chi connectivity index (χ0) is 6.97. The number of likely N-dealkylation sites (N-methyl/N-ethyl adjacent to an activating group) is 1. The van der Waals surface area contributed by atoms with Gasteiger partial charge in [0.25, 0.3) is 0 Å². The molecule has 4 nitrogen and oxygen atoms in total. The fourth-order valence-electron chi connectivity index (χ4n) is 1.17. The van der Waals surface area contributed by atoms with Crippen molar-refractivity contribution in [1.29, 1.82) is 0 Å². The van der Waals surface area contributed by atoms with Crippen LogP contribution in [0.2, 0.25) is 0 Å². The van der Waals surface area contributed by atoms with Gasteiger partial charge in [0, 0.05) is 19.5 Å². The van der Waals surface area contributed by atoms with Gasteiger partial charge in [0.05, 0.1) is 0 Å². The molecule has 0 fully saturated rings. The van der Waals surface area contributed by atoms with Crippen LogP contribution in [0.5, 0.6) is 0 Å². The van der Waals surface area contributed by atoms with E-state index in [-0.39, 0.29) is 0 Å². The smallest absolute Gasteiger partial charge is 0.122 e. The SMILES string of the molecule is CN1CCc2nonc2C1. The van der Waals surface area contributed by atoms with Crippen molar-refractivity contribution in [1.82, 2.24) is 15.2 Å². The van der Waals surface area contributed by atoms with Crippen molar-refractivity contribution in [3.05, 3.63) is 11.4 Å². The van der Waals surface area contributed by atoms with Gasteiger partial charge < -0.3 is 0 Å². The highest BCUT2D eigenvalue weighted by atomic mass is 16.6. The first-order valence-electron chi connectivity index (χ1n) is 3.35. The molecule has 0 N–H and O–H groups in total. The normalized spacial score (nSPS) is 18.9. The topological polar surface area (TPSA) is 42.2 Å². The van der Waals surface area contributed by atoms with Crippen LogP contribution >= 0.6 is 0 Å². The highest BCUT2D eigenvalue weighted by molar-refractivity contribution is 5.10. The van der Waals surface area contributed by atoms with Gasteiger partial charge in [0.2, 0.25) is 0 Å². The summed E-state index contributed by atoms with van der Waals surface area (Å²) < 4.78 is 4.59. The summed E-state index contributed by atoms with van der Waals surface area (Å²) >= 11 is 0. The highest BCUT2D eigenvalue weighted by Crippen LogP contribution is 2.12. The predicted octanol–water partition coefficient (Wildman–Crippen LogP) is 0.0575. The van der Waals surface area contributed by atoms with Crippen LogP contribution < -0.4 is 0 Å². The number of aromatic nitrogens is 2.